The van der Waals surface area contributed by atoms with Crippen molar-refractivity contribution in [1.82, 2.24) is 10.1 Å². The minimum absolute atomic E-state index is 0.0311. The number of benzene rings is 2. The number of rotatable bonds is 1. The van der Waals surface area contributed by atoms with Crippen LogP contribution in [0.4, 0.5) is 0 Å². The molecule has 1 aromatic heterocycles. The van der Waals surface area contributed by atoms with Gasteiger partial charge in [-0.25, -0.2) is 0 Å². The van der Waals surface area contributed by atoms with Crippen LogP contribution in [0.1, 0.15) is 29.8 Å². The summed E-state index contributed by atoms with van der Waals surface area (Å²) in [6.07, 6.45) is 1.98. The number of hydrogen-bond donors (Lipinski definition) is 1. The van der Waals surface area contributed by atoms with Gasteiger partial charge in [0.25, 0.3) is 5.82 Å². The van der Waals surface area contributed by atoms with Gasteiger partial charge in [0.2, 0.25) is 0 Å². The first kappa shape index (κ1) is 13.9. The predicted octanol–water partition coefficient (Wildman–Crippen LogP) is 2.82. The maximum absolute atomic E-state index is 5.67. The van der Waals surface area contributed by atoms with Crippen LogP contribution in [0, 0.1) is 0 Å². The lowest BCUT2D eigenvalue weighted by molar-refractivity contribution is -0.755. The summed E-state index contributed by atoms with van der Waals surface area (Å²) in [5.41, 5.74) is 3.92. The first-order chi connectivity index (χ1) is 11.9. The quantitative estimate of drug-likeness (QED) is 0.701. The Balaban J connectivity index is 1.70. The van der Waals surface area contributed by atoms with Crippen molar-refractivity contribution in [2.45, 2.75) is 24.8 Å². The summed E-state index contributed by atoms with van der Waals surface area (Å²) in [6.45, 7) is 2.44. The van der Waals surface area contributed by atoms with E-state index in [0.717, 1.165) is 49.8 Å². The van der Waals surface area contributed by atoms with E-state index in [-0.39, 0.29) is 5.41 Å². The second kappa shape index (κ2) is 5.28. The number of nitrogens with zero attached hydrogens (tertiary/aromatic N) is 2. The Hall–Kier alpha value is -2.46. The monoisotopic (exact) mass is 318 g/mol. The maximum Gasteiger partial charge on any atom is 0.330 e. The van der Waals surface area contributed by atoms with E-state index in [1.807, 2.05) is 6.07 Å². The van der Waals surface area contributed by atoms with Gasteiger partial charge in [0, 0.05) is 18.8 Å². The molecule has 2 aromatic carbocycles. The SMILES string of the molecule is c1ccc(-c2nc3[n+]([nH]2)Cc2ccccc2C32CCOCC2)cc1. The van der Waals surface area contributed by atoms with Gasteiger partial charge >= 0.3 is 5.82 Å². The fourth-order valence-corrected chi connectivity index (χ4v) is 4.21. The van der Waals surface area contributed by atoms with Crippen LogP contribution in [0.25, 0.3) is 11.4 Å². The van der Waals surface area contributed by atoms with Gasteiger partial charge in [0.05, 0.1) is 0 Å². The Bertz CT molecular complexity index is 879. The summed E-state index contributed by atoms with van der Waals surface area (Å²) in [5, 5.41) is 3.53. The summed E-state index contributed by atoms with van der Waals surface area (Å²) in [5.74, 6) is 2.10. The molecule has 1 N–H and O–H groups in total. The van der Waals surface area contributed by atoms with Gasteiger partial charge < -0.3 is 4.74 Å². The number of fused-ring (bicyclic) bond motifs is 4. The third kappa shape index (κ3) is 1.96. The molecule has 24 heavy (non-hydrogen) atoms. The van der Waals surface area contributed by atoms with Crippen molar-refractivity contribution < 1.29 is 9.42 Å². The van der Waals surface area contributed by atoms with Gasteiger partial charge in [-0.2, -0.15) is 9.78 Å². The van der Waals surface area contributed by atoms with Crippen LogP contribution in [-0.2, 0) is 16.7 Å². The zero-order chi connectivity index (χ0) is 16.0. The van der Waals surface area contributed by atoms with Crippen LogP contribution >= 0.6 is 0 Å². The molecule has 4 nitrogen and oxygen atoms in total. The Labute approximate surface area is 141 Å². The molecule has 0 unspecified atom stereocenters. The largest absolute Gasteiger partial charge is 0.381 e. The smallest absolute Gasteiger partial charge is 0.330 e. The third-order valence-electron chi connectivity index (χ3n) is 5.40. The lowest BCUT2D eigenvalue weighted by Gasteiger charge is -2.36. The lowest BCUT2D eigenvalue weighted by atomic mass is 9.70. The number of ether oxygens (including phenoxy) is 1. The molecule has 1 saturated heterocycles. The molecule has 0 aliphatic carbocycles. The number of hydrogen-bond acceptors (Lipinski definition) is 2. The predicted molar refractivity (Wildman–Crippen MR) is 90.6 cm³/mol. The van der Waals surface area contributed by atoms with Gasteiger partial charge in [-0.05, 0) is 41.1 Å². The zero-order valence-corrected chi connectivity index (χ0v) is 13.5. The Morgan fingerprint density at radius 2 is 1.71 bits per heavy atom. The molecular weight excluding hydrogens is 298 g/mol. The van der Waals surface area contributed by atoms with Crippen molar-refractivity contribution in [1.29, 1.82) is 0 Å². The summed E-state index contributed by atoms with van der Waals surface area (Å²) < 4.78 is 7.90. The average Bonchev–Trinajstić information content (AvgIpc) is 3.09. The second-order valence-corrected chi connectivity index (χ2v) is 6.70. The highest BCUT2D eigenvalue weighted by molar-refractivity contribution is 5.54. The molecule has 3 aromatic rings. The van der Waals surface area contributed by atoms with E-state index in [1.54, 1.807) is 0 Å². The minimum atomic E-state index is -0.0311. The van der Waals surface area contributed by atoms with E-state index < -0.39 is 0 Å². The lowest BCUT2D eigenvalue weighted by Crippen LogP contribution is -2.54. The van der Waals surface area contributed by atoms with Gasteiger partial charge in [0.15, 0.2) is 0 Å². The number of aromatic amines is 1. The van der Waals surface area contributed by atoms with Gasteiger partial charge in [-0.3, -0.25) is 0 Å². The summed E-state index contributed by atoms with van der Waals surface area (Å²) in [7, 11) is 0. The highest BCUT2D eigenvalue weighted by Crippen LogP contribution is 2.43. The van der Waals surface area contributed by atoms with E-state index in [1.165, 1.54) is 11.1 Å². The van der Waals surface area contributed by atoms with Crippen LogP contribution in [0.3, 0.4) is 0 Å². The summed E-state index contributed by atoms with van der Waals surface area (Å²) in [4.78, 5) is 5.05. The molecule has 5 rings (SSSR count). The molecule has 0 bridgehead atoms. The molecule has 2 aliphatic heterocycles. The Kier molecular flexibility index (Phi) is 3.06. The minimum Gasteiger partial charge on any atom is -0.381 e. The molecular formula is C20H20N3O+. The number of nitrogens with one attached hydrogen (secondary N) is 1. The van der Waals surface area contributed by atoms with Crippen LogP contribution in [0.5, 0.6) is 0 Å². The van der Waals surface area contributed by atoms with Crippen LogP contribution < -0.4 is 4.68 Å². The maximum atomic E-state index is 5.67. The van der Waals surface area contributed by atoms with Gasteiger partial charge in [-0.1, -0.05) is 42.5 Å². The molecule has 0 atom stereocenters. The molecule has 2 aliphatic rings. The summed E-state index contributed by atoms with van der Waals surface area (Å²) in [6, 6.07) is 19.2. The highest BCUT2D eigenvalue weighted by atomic mass is 16.5. The van der Waals surface area contributed by atoms with E-state index in [9.17, 15) is 0 Å². The van der Waals surface area contributed by atoms with E-state index in [4.69, 9.17) is 9.72 Å². The molecule has 3 heterocycles. The second-order valence-electron chi connectivity index (χ2n) is 6.70. The molecule has 1 fully saturated rings. The number of aromatic nitrogens is 3. The summed E-state index contributed by atoms with van der Waals surface area (Å²) >= 11 is 0. The van der Waals surface area contributed by atoms with E-state index in [0.29, 0.717) is 0 Å². The molecule has 120 valence electrons. The van der Waals surface area contributed by atoms with E-state index in [2.05, 4.69) is 58.3 Å². The third-order valence-corrected chi connectivity index (χ3v) is 5.40. The fraction of sp³-hybridized carbons (Fsp3) is 0.300. The molecule has 0 amide bonds. The topological polar surface area (TPSA) is 41.8 Å². The van der Waals surface area contributed by atoms with Crippen molar-refractivity contribution >= 4 is 0 Å². The van der Waals surface area contributed by atoms with Crippen LogP contribution in [0.2, 0.25) is 0 Å². The van der Waals surface area contributed by atoms with Crippen LogP contribution in [0.15, 0.2) is 54.6 Å². The average molecular weight is 318 g/mol. The number of H-pyrrole nitrogens is 1. The van der Waals surface area contributed by atoms with Crippen molar-refractivity contribution in [3.63, 3.8) is 0 Å². The van der Waals surface area contributed by atoms with Crippen LogP contribution in [-0.4, -0.2) is 23.3 Å². The van der Waals surface area contributed by atoms with Gasteiger partial charge in [-0.15, -0.1) is 0 Å². The first-order valence-electron chi connectivity index (χ1n) is 8.59. The molecule has 0 radical (unpaired) electrons. The molecule has 4 heteroatoms. The van der Waals surface area contributed by atoms with Gasteiger partial charge in [0.1, 0.15) is 12.0 Å². The van der Waals surface area contributed by atoms with Crippen molar-refractivity contribution in [3.8, 4) is 11.4 Å². The van der Waals surface area contributed by atoms with Crippen molar-refractivity contribution in [2.24, 2.45) is 0 Å². The van der Waals surface area contributed by atoms with Crippen molar-refractivity contribution in [3.05, 3.63) is 71.5 Å². The zero-order valence-electron chi connectivity index (χ0n) is 13.5. The Morgan fingerprint density at radius 3 is 2.54 bits per heavy atom. The normalized spacial score (nSPS) is 18.2. The van der Waals surface area contributed by atoms with E-state index >= 15 is 0 Å². The molecule has 0 saturated carbocycles. The fourth-order valence-electron chi connectivity index (χ4n) is 4.21. The molecule has 1 spiro atoms. The standard InChI is InChI=1S/C20H19N3O/c1-2-6-15(7-3-1)18-21-19-20(10-12-24-13-11-20)17-9-5-4-8-16(17)14-23(19)22-18/h1-9H,10-14H2/p+1. The first-order valence-corrected chi connectivity index (χ1v) is 8.59. The van der Waals surface area contributed by atoms with Crippen molar-refractivity contribution in [2.75, 3.05) is 13.2 Å². The Morgan fingerprint density at radius 1 is 0.958 bits per heavy atom. The highest BCUT2D eigenvalue weighted by Gasteiger charge is 2.50.